The van der Waals surface area contributed by atoms with Gasteiger partial charge in [-0.05, 0) is 323 Å². The molecule has 0 spiro atoms. The third-order valence-corrected chi connectivity index (χ3v) is 25.1. The van der Waals surface area contributed by atoms with Crippen LogP contribution in [0.4, 0.5) is 22.7 Å². The van der Waals surface area contributed by atoms with Crippen LogP contribution in [0.25, 0.3) is 11.1 Å². The van der Waals surface area contributed by atoms with Gasteiger partial charge in [0.2, 0.25) is 11.8 Å². The summed E-state index contributed by atoms with van der Waals surface area (Å²) >= 11 is 8.87. The van der Waals surface area contributed by atoms with Crippen molar-refractivity contribution in [2.75, 3.05) is 112 Å². The first-order valence-electron chi connectivity index (χ1n) is 44.9. The first kappa shape index (κ1) is 99.8. The Morgan fingerprint density at radius 1 is 0.444 bits per heavy atom. The predicted octanol–water partition coefficient (Wildman–Crippen LogP) is 19.2. The number of unbranched alkanes of at least 4 members (excludes halogenated alkanes) is 2. The van der Waals surface area contributed by atoms with Crippen molar-refractivity contribution in [2.24, 2.45) is 11.8 Å². The number of nitrogens with two attached hydrogens (primary N) is 2. The summed E-state index contributed by atoms with van der Waals surface area (Å²) in [5.41, 5.74) is 31.1. The Balaban J connectivity index is 0.000000177. The number of hydrogen-bond acceptors (Lipinski definition) is 16. The van der Waals surface area contributed by atoms with E-state index in [1.165, 1.54) is 65.5 Å². The van der Waals surface area contributed by atoms with Gasteiger partial charge in [0.15, 0.2) is 11.6 Å². The molecule has 0 saturated carbocycles. The van der Waals surface area contributed by atoms with Crippen molar-refractivity contribution < 1.29 is 48.4 Å². The third-order valence-electron chi connectivity index (χ3n) is 24.2. The van der Waals surface area contributed by atoms with Gasteiger partial charge >= 0.3 is 14.1 Å². The van der Waals surface area contributed by atoms with Gasteiger partial charge in [0.05, 0.1) is 22.3 Å². The summed E-state index contributed by atoms with van der Waals surface area (Å²) in [5.74, 6) is 1.44. The van der Waals surface area contributed by atoms with Gasteiger partial charge in [-0.3, -0.25) is 48.2 Å². The van der Waals surface area contributed by atoms with Crippen LogP contribution in [0.5, 0.6) is 0 Å². The number of fused-ring (bicyclic) bond motifs is 2. The number of alkyl halides is 2. The average molecular weight is 1790 g/mol. The van der Waals surface area contributed by atoms with Crippen LogP contribution in [-0.4, -0.2) is 190 Å². The molecule has 6 heterocycles. The number of nitrogens with one attached hydrogen (secondary N) is 2. The summed E-state index contributed by atoms with van der Waals surface area (Å²) in [4.78, 5) is 109. The monoisotopic (exact) mass is 1790 g/mol. The van der Waals surface area contributed by atoms with E-state index in [9.17, 15) is 48.4 Å². The molecular formula is C102H130B2BrClN10O10. The Labute approximate surface area is 761 Å². The molecule has 0 radical (unpaired) electrons. The van der Waals surface area contributed by atoms with Gasteiger partial charge in [-0.1, -0.05) is 153 Å². The van der Waals surface area contributed by atoms with Gasteiger partial charge in [0, 0.05) is 95.9 Å². The maximum absolute atomic E-state index is 12.5. The first-order valence-corrected chi connectivity index (χ1v) is 46.6. The van der Waals surface area contributed by atoms with Crippen LogP contribution in [0.1, 0.15) is 236 Å². The summed E-state index contributed by atoms with van der Waals surface area (Å²) in [7, 11) is -0.725. The van der Waals surface area contributed by atoms with Crippen molar-refractivity contribution in [3.8, 4) is 0 Å². The summed E-state index contributed by atoms with van der Waals surface area (Å²) < 4.78 is 0. The standard InChI is InChI=1S/C27H33N3O3.C27H36N2O2.2C12H17BN2O.C12H12BrNO2.C12H15ClO/c1-19(2)25(31)28-22-9-7-8-21(18-22)20-12-16-29(17-13-20)14-5-6-15-30-26(32)23-10-3-4-11-24(23)27(30)33;1-19(2)27(31)28-25-8-5-7-23(18-25)22-12-15-29(16-13-22)14-6-9-26(30)24-11-10-20(3)21(4)17-24;2*1-13(16)15-7-5-10(6-8-15)11-3-2-4-12(14)9-11;13-7-3-4-8-14-11(15)9-5-1-2-6-10(9)12(14)16;1-9-5-6-11(8-10(9)2)12(14)4-3-7-13/h3-4,7-11,18-20H,5-6,12-17H2,1-2H3,(H,28,31);5,7-8,10-11,17-19,22H,6,9,12-16H2,1-4H3,(H,28,31);2*2-5,9,16H,6-8,14H2,1H3;1-2,5-6H,3-4,7-8H2;5-6,8H,3-4,7H2,1-2H3. The summed E-state index contributed by atoms with van der Waals surface area (Å²) in [6.07, 6.45) is 17.1. The fourth-order valence-electron chi connectivity index (χ4n) is 16.0. The van der Waals surface area contributed by atoms with Gasteiger partial charge in [0.1, 0.15) is 0 Å². The van der Waals surface area contributed by atoms with E-state index >= 15 is 0 Å². The fraction of sp³-hybridized carbons (Fsp3) is 0.412. The lowest BCUT2D eigenvalue weighted by Crippen LogP contribution is -2.39. The molecule has 8 aromatic carbocycles. The Bertz CT molecular complexity index is 4910. The summed E-state index contributed by atoms with van der Waals surface area (Å²) in [5, 5.41) is 25.8. The summed E-state index contributed by atoms with van der Waals surface area (Å²) in [6, 6.07) is 58.4. The van der Waals surface area contributed by atoms with Crippen molar-refractivity contribution in [1.29, 1.82) is 0 Å². The Morgan fingerprint density at radius 3 is 1.15 bits per heavy atom. The smallest absolute Gasteiger partial charge is 0.376 e. The largest absolute Gasteiger partial charge is 0.437 e. The lowest BCUT2D eigenvalue weighted by molar-refractivity contribution is -0.119. The number of anilines is 4. The van der Waals surface area contributed by atoms with Crippen LogP contribution in [0.2, 0.25) is 13.6 Å². The number of ketones is 2. The van der Waals surface area contributed by atoms with Gasteiger partial charge < -0.3 is 51.6 Å². The minimum Gasteiger partial charge on any atom is -0.437 e. The highest BCUT2D eigenvalue weighted by Crippen LogP contribution is 2.34. The number of amides is 6. The molecule has 2 saturated heterocycles. The number of halogens is 2. The number of piperidine rings is 2. The highest BCUT2D eigenvalue weighted by atomic mass is 79.9. The number of hydrogen-bond donors (Lipinski definition) is 6. The number of imide groups is 2. The van der Waals surface area contributed by atoms with Crippen LogP contribution < -0.4 is 22.1 Å². The number of likely N-dealkylation sites (tertiary alicyclic amines) is 2. The van der Waals surface area contributed by atoms with Crippen LogP contribution >= 0.6 is 27.5 Å². The van der Waals surface area contributed by atoms with Gasteiger partial charge in [-0.15, -0.1) is 11.6 Å². The molecule has 24 heteroatoms. The molecule has 0 bridgehead atoms. The lowest BCUT2D eigenvalue weighted by atomic mass is 9.82. The molecule has 2 fully saturated rings. The van der Waals surface area contributed by atoms with Gasteiger partial charge in [0.25, 0.3) is 23.6 Å². The van der Waals surface area contributed by atoms with E-state index in [0.29, 0.717) is 65.9 Å². The van der Waals surface area contributed by atoms with Gasteiger partial charge in [-0.2, -0.15) is 0 Å². The molecule has 0 unspecified atom stereocenters. The predicted molar refractivity (Wildman–Crippen MR) is 520 cm³/mol. The summed E-state index contributed by atoms with van der Waals surface area (Å²) in [6.45, 7) is 30.0. The third kappa shape index (κ3) is 30.1. The van der Waals surface area contributed by atoms with Gasteiger partial charge in [-0.25, -0.2) is 0 Å². The van der Waals surface area contributed by atoms with Crippen molar-refractivity contribution in [2.45, 2.75) is 171 Å². The maximum atomic E-state index is 12.5. The van der Waals surface area contributed by atoms with Crippen molar-refractivity contribution in [3.63, 3.8) is 0 Å². The Kier molecular flexibility index (Phi) is 40.1. The van der Waals surface area contributed by atoms with E-state index in [4.69, 9.17) is 23.1 Å². The van der Waals surface area contributed by atoms with E-state index in [1.54, 1.807) is 62.2 Å². The number of nitrogens with zero attached hydrogens (tertiary/aromatic N) is 6. The zero-order valence-corrected chi connectivity index (χ0v) is 77.8. The highest BCUT2D eigenvalue weighted by molar-refractivity contribution is 9.09. The molecule has 0 aromatic heterocycles. The molecule has 668 valence electrons. The number of carbonyl (C=O) groups excluding carboxylic acids is 8. The Hall–Kier alpha value is -9.94. The molecule has 126 heavy (non-hydrogen) atoms. The molecule has 0 aliphatic carbocycles. The molecule has 8 aromatic rings. The average Bonchev–Trinajstić information content (AvgIpc) is 1.64. The number of nitrogen functional groups attached to an aromatic ring is 2. The molecule has 0 atom stereocenters. The lowest BCUT2D eigenvalue weighted by Gasteiger charge is -2.32. The zero-order valence-electron chi connectivity index (χ0n) is 75.5. The quantitative estimate of drug-likeness (QED) is 0.00664. The second-order valence-electron chi connectivity index (χ2n) is 34.3. The minimum atomic E-state index is -0.362. The molecule has 6 aliphatic heterocycles. The molecule has 6 aliphatic rings. The number of rotatable bonds is 28. The van der Waals surface area contributed by atoms with E-state index in [1.807, 2.05) is 148 Å². The van der Waals surface area contributed by atoms with E-state index in [2.05, 4.69) is 98.8 Å². The molecule has 20 nitrogen and oxygen atoms in total. The Morgan fingerprint density at radius 2 is 0.810 bits per heavy atom. The molecule has 6 amide bonds. The minimum absolute atomic E-state index is 0.0196. The van der Waals surface area contributed by atoms with Crippen LogP contribution in [-0.2, 0) is 9.59 Å². The first-order chi connectivity index (χ1) is 60.5. The number of aryl methyl sites for hydroxylation is 4. The second-order valence-corrected chi connectivity index (χ2v) is 35.5. The number of benzene rings is 8. The number of Topliss-reactive ketones (excluding diaryl/α,β-unsaturated/α-hetero) is 2. The van der Waals surface area contributed by atoms with Crippen molar-refractivity contribution in [3.05, 3.63) is 272 Å². The van der Waals surface area contributed by atoms with Crippen molar-refractivity contribution in [1.82, 2.24) is 29.2 Å². The van der Waals surface area contributed by atoms with Crippen molar-refractivity contribution >= 4 is 123 Å². The highest BCUT2D eigenvalue weighted by Gasteiger charge is 2.36. The number of carbonyl (C=O) groups is 8. The van der Waals surface area contributed by atoms with E-state index in [0.717, 1.165) is 182 Å². The molecular weight excluding hydrogens is 1660 g/mol. The topological polar surface area (TPSA) is 273 Å². The zero-order chi connectivity index (χ0) is 90.9. The van der Waals surface area contributed by atoms with E-state index < -0.39 is 0 Å². The SMILES string of the molecule is CB(O)N1CC=C(c2cccc(N)c2)CC1.CB(O)N1CC=C(c2cccc(N)c2)CC1.CC(C)C(=O)Nc1cccc(C2CCN(CCCCN3C(=O)c4ccccc4C3=O)CC2)c1.Cc1ccc(C(=O)CCCCl)cc1C.Cc1ccc(C(=O)CCCN2CCC(c3cccc(NC(=O)C(C)C)c3)CC2)cc1C.O=C1c2ccccc2C(=O)N1CCCCBr. The maximum Gasteiger partial charge on any atom is 0.376 e. The van der Waals surface area contributed by atoms with E-state index in [-0.39, 0.29) is 72.9 Å². The normalized spacial score (nSPS) is 15.5. The van der Waals surface area contributed by atoms with Crippen LogP contribution in [0.15, 0.2) is 194 Å². The van der Waals surface area contributed by atoms with Crippen LogP contribution in [0, 0.1) is 39.5 Å². The molecule has 8 N–H and O–H groups in total. The fourth-order valence-corrected chi connectivity index (χ4v) is 16.5. The van der Waals surface area contributed by atoms with Crippen LogP contribution in [0.3, 0.4) is 0 Å². The molecule has 14 rings (SSSR count). The second kappa shape index (κ2) is 50.6.